The van der Waals surface area contributed by atoms with E-state index in [2.05, 4.69) is 13.0 Å². The van der Waals surface area contributed by atoms with E-state index in [4.69, 9.17) is 16.2 Å². The molecule has 0 fully saturated rings. The van der Waals surface area contributed by atoms with E-state index in [1.54, 1.807) is 0 Å². The zero-order chi connectivity index (χ0) is 14.0. The molecule has 19 heavy (non-hydrogen) atoms. The molecule has 0 aliphatic carbocycles. The van der Waals surface area contributed by atoms with Crippen LogP contribution in [-0.4, -0.2) is 12.0 Å². The smallest absolute Gasteiger partial charge is 0.217 e. The number of ether oxygens (including phenoxy) is 1. The third-order valence-electron chi connectivity index (χ3n) is 3.55. The van der Waals surface area contributed by atoms with Crippen LogP contribution in [0.25, 0.3) is 0 Å². The van der Waals surface area contributed by atoms with E-state index in [-0.39, 0.29) is 24.0 Å². The minimum atomic E-state index is -0.268. The molecule has 1 aliphatic heterocycles. The molecule has 4 N–H and O–H groups in total. The maximum absolute atomic E-state index is 10.9. The molecule has 4 nitrogen and oxygen atoms in total. The maximum atomic E-state index is 10.9. The van der Waals surface area contributed by atoms with Crippen LogP contribution in [0.4, 0.5) is 0 Å². The number of benzene rings is 1. The van der Waals surface area contributed by atoms with Crippen LogP contribution >= 0.6 is 0 Å². The first-order valence-electron chi connectivity index (χ1n) is 6.79. The van der Waals surface area contributed by atoms with Gasteiger partial charge in [-0.3, -0.25) is 4.79 Å². The Morgan fingerprint density at radius 1 is 1.53 bits per heavy atom. The molecule has 0 saturated carbocycles. The molecule has 0 spiro atoms. The predicted octanol–water partition coefficient (Wildman–Crippen LogP) is 1.91. The normalized spacial score (nSPS) is 20.5. The Kier molecular flexibility index (Phi) is 4.10. The molecule has 1 aliphatic rings. The Hall–Kier alpha value is -1.55. The van der Waals surface area contributed by atoms with Crippen molar-refractivity contribution in [2.24, 2.45) is 17.4 Å². The first-order chi connectivity index (χ1) is 8.95. The third kappa shape index (κ3) is 3.47. The molecular weight excluding hydrogens is 240 g/mol. The molecule has 1 aromatic rings. The van der Waals surface area contributed by atoms with Crippen molar-refractivity contribution in [1.82, 2.24) is 0 Å². The summed E-state index contributed by atoms with van der Waals surface area (Å²) in [7, 11) is 0. The summed E-state index contributed by atoms with van der Waals surface area (Å²) in [6.07, 6.45) is 2.33. The van der Waals surface area contributed by atoms with Gasteiger partial charge in [-0.25, -0.2) is 0 Å². The van der Waals surface area contributed by atoms with Crippen LogP contribution in [0.5, 0.6) is 5.75 Å². The number of rotatable bonds is 5. The summed E-state index contributed by atoms with van der Waals surface area (Å²) in [4.78, 5) is 10.9. The largest absolute Gasteiger partial charge is 0.490 e. The highest BCUT2D eigenvalue weighted by Crippen LogP contribution is 2.32. The number of hydrogen-bond donors (Lipinski definition) is 2. The van der Waals surface area contributed by atoms with E-state index in [0.717, 1.165) is 24.2 Å². The highest BCUT2D eigenvalue weighted by Gasteiger charge is 2.21. The van der Waals surface area contributed by atoms with Crippen molar-refractivity contribution < 1.29 is 9.53 Å². The summed E-state index contributed by atoms with van der Waals surface area (Å²) in [6, 6.07) is 6.07. The van der Waals surface area contributed by atoms with E-state index < -0.39 is 0 Å². The van der Waals surface area contributed by atoms with Gasteiger partial charge in [0.15, 0.2) is 0 Å². The van der Waals surface area contributed by atoms with E-state index in [1.807, 2.05) is 19.1 Å². The fourth-order valence-electron chi connectivity index (χ4n) is 2.67. The number of carbonyl (C=O) groups is 1. The Bertz CT molecular complexity index is 473. The molecule has 1 heterocycles. The van der Waals surface area contributed by atoms with Crippen molar-refractivity contribution in [3.8, 4) is 5.75 Å². The monoisotopic (exact) mass is 262 g/mol. The topological polar surface area (TPSA) is 78.3 Å². The average molecular weight is 262 g/mol. The molecule has 2 rings (SSSR count). The predicted molar refractivity (Wildman–Crippen MR) is 74.8 cm³/mol. The average Bonchev–Trinajstić information content (AvgIpc) is 2.66. The quantitative estimate of drug-likeness (QED) is 0.850. The number of carbonyl (C=O) groups excluding carboxylic acids is 1. The van der Waals surface area contributed by atoms with Gasteiger partial charge in [0, 0.05) is 18.9 Å². The summed E-state index contributed by atoms with van der Waals surface area (Å²) in [5.41, 5.74) is 13.7. The Balaban J connectivity index is 2.02. The summed E-state index contributed by atoms with van der Waals surface area (Å²) < 4.78 is 5.67. The van der Waals surface area contributed by atoms with Crippen LogP contribution in [0.2, 0.25) is 0 Å². The van der Waals surface area contributed by atoms with E-state index in [9.17, 15) is 4.79 Å². The zero-order valence-corrected chi connectivity index (χ0v) is 11.6. The first-order valence-corrected chi connectivity index (χ1v) is 6.79. The lowest BCUT2D eigenvalue weighted by atomic mass is 9.93. The van der Waals surface area contributed by atoms with Crippen LogP contribution < -0.4 is 16.2 Å². The van der Waals surface area contributed by atoms with Gasteiger partial charge in [0.2, 0.25) is 5.91 Å². The molecule has 0 radical (unpaired) electrons. The highest BCUT2D eigenvalue weighted by molar-refractivity contribution is 5.73. The van der Waals surface area contributed by atoms with Gasteiger partial charge in [-0.05, 0) is 36.5 Å². The third-order valence-corrected chi connectivity index (χ3v) is 3.55. The lowest BCUT2D eigenvalue weighted by molar-refractivity contribution is -0.118. The lowest BCUT2D eigenvalue weighted by Gasteiger charge is -2.17. The molecule has 0 bridgehead atoms. The SMILES string of the molecule is CC(CC(N)=O)CC(N)c1ccc2c(c1)CC(C)O2. The summed E-state index contributed by atoms with van der Waals surface area (Å²) in [6.45, 7) is 4.07. The van der Waals surface area contributed by atoms with Gasteiger partial charge in [0.1, 0.15) is 11.9 Å². The molecule has 1 amide bonds. The van der Waals surface area contributed by atoms with Crippen molar-refractivity contribution in [3.63, 3.8) is 0 Å². The Labute approximate surface area is 114 Å². The molecule has 3 unspecified atom stereocenters. The van der Waals surface area contributed by atoms with Crippen LogP contribution in [0.1, 0.15) is 43.9 Å². The summed E-state index contributed by atoms with van der Waals surface area (Å²) >= 11 is 0. The first kappa shape index (κ1) is 13.9. The molecular formula is C15H22N2O2. The van der Waals surface area contributed by atoms with Crippen molar-refractivity contribution in [2.75, 3.05) is 0 Å². The fraction of sp³-hybridized carbons (Fsp3) is 0.533. The van der Waals surface area contributed by atoms with Gasteiger partial charge in [0.05, 0.1) is 0 Å². The molecule has 1 aromatic carbocycles. The van der Waals surface area contributed by atoms with E-state index in [1.165, 1.54) is 5.56 Å². The lowest BCUT2D eigenvalue weighted by Crippen LogP contribution is -2.19. The number of fused-ring (bicyclic) bond motifs is 1. The molecule has 0 aromatic heterocycles. The minimum Gasteiger partial charge on any atom is -0.490 e. The van der Waals surface area contributed by atoms with Crippen molar-refractivity contribution in [3.05, 3.63) is 29.3 Å². The molecule has 4 heteroatoms. The van der Waals surface area contributed by atoms with Gasteiger partial charge in [0.25, 0.3) is 0 Å². The van der Waals surface area contributed by atoms with Gasteiger partial charge in [-0.1, -0.05) is 19.1 Å². The number of amides is 1. The Morgan fingerprint density at radius 3 is 2.95 bits per heavy atom. The summed E-state index contributed by atoms with van der Waals surface area (Å²) in [5.74, 6) is 0.903. The molecule has 0 saturated heterocycles. The van der Waals surface area contributed by atoms with Gasteiger partial charge in [-0.15, -0.1) is 0 Å². The van der Waals surface area contributed by atoms with Crippen LogP contribution in [0.15, 0.2) is 18.2 Å². The van der Waals surface area contributed by atoms with Gasteiger partial charge in [-0.2, -0.15) is 0 Å². The molecule has 3 atom stereocenters. The number of primary amides is 1. The van der Waals surface area contributed by atoms with Crippen molar-refractivity contribution in [2.45, 2.75) is 45.3 Å². The van der Waals surface area contributed by atoms with Gasteiger partial charge >= 0.3 is 0 Å². The second-order valence-corrected chi connectivity index (χ2v) is 5.62. The van der Waals surface area contributed by atoms with Gasteiger partial charge < -0.3 is 16.2 Å². The van der Waals surface area contributed by atoms with Crippen LogP contribution in [-0.2, 0) is 11.2 Å². The Morgan fingerprint density at radius 2 is 2.26 bits per heavy atom. The fourth-order valence-corrected chi connectivity index (χ4v) is 2.67. The van der Waals surface area contributed by atoms with Crippen LogP contribution in [0, 0.1) is 5.92 Å². The summed E-state index contributed by atoms with van der Waals surface area (Å²) in [5, 5.41) is 0. The molecule has 104 valence electrons. The van der Waals surface area contributed by atoms with Crippen molar-refractivity contribution >= 4 is 5.91 Å². The number of nitrogens with two attached hydrogens (primary N) is 2. The zero-order valence-electron chi connectivity index (χ0n) is 11.6. The second-order valence-electron chi connectivity index (χ2n) is 5.62. The minimum absolute atomic E-state index is 0.0597. The van der Waals surface area contributed by atoms with Crippen LogP contribution in [0.3, 0.4) is 0 Å². The van der Waals surface area contributed by atoms with E-state index in [0.29, 0.717) is 6.42 Å². The highest BCUT2D eigenvalue weighted by atomic mass is 16.5. The second kappa shape index (κ2) is 5.61. The maximum Gasteiger partial charge on any atom is 0.217 e. The van der Waals surface area contributed by atoms with Crippen molar-refractivity contribution in [1.29, 1.82) is 0 Å². The van der Waals surface area contributed by atoms with E-state index >= 15 is 0 Å². The standard InChI is InChI=1S/C15H22N2O2/c1-9(6-15(17)18)5-13(16)11-3-4-14-12(8-11)7-10(2)19-14/h3-4,8-10,13H,5-7,16H2,1-2H3,(H2,17,18). The number of hydrogen-bond acceptors (Lipinski definition) is 3.